The van der Waals surface area contributed by atoms with Gasteiger partial charge in [-0.15, -0.1) is 11.3 Å². The summed E-state index contributed by atoms with van der Waals surface area (Å²) in [5.74, 6) is 0.787. The van der Waals surface area contributed by atoms with E-state index in [1.807, 2.05) is 5.51 Å². The van der Waals surface area contributed by atoms with Gasteiger partial charge in [-0.2, -0.15) is 0 Å². The Morgan fingerprint density at radius 1 is 1.12 bits per heavy atom. The molecule has 25 heavy (non-hydrogen) atoms. The standard InChI is InChI=1S/C20H23N3OS/c1-3-19-12-22(11-18-13-25-14-21-18)8-16(1)10-23(19)9-15-2-4-20-17(7-15)5-6-24-20/h2,4-7,13-14,16,19H,1,3,8-12H2/t16-,19+/m0/s1. The van der Waals surface area contributed by atoms with Crippen LogP contribution in [0.3, 0.4) is 0 Å². The Morgan fingerprint density at radius 3 is 3.04 bits per heavy atom. The maximum atomic E-state index is 5.47. The fourth-order valence-electron chi connectivity index (χ4n) is 4.49. The molecule has 130 valence electrons. The van der Waals surface area contributed by atoms with Gasteiger partial charge >= 0.3 is 0 Å². The molecule has 0 N–H and O–H groups in total. The van der Waals surface area contributed by atoms with E-state index in [0.29, 0.717) is 6.04 Å². The summed E-state index contributed by atoms with van der Waals surface area (Å²) in [6.45, 7) is 5.66. The molecular weight excluding hydrogens is 330 g/mol. The number of furan rings is 1. The lowest BCUT2D eigenvalue weighted by Crippen LogP contribution is -2.43. The van der Waals surface area contributed by atoms with Gasteiger partial charge < -0.3 is 4.42 Å². The van der Waals surface area contributed by atoms with E-state index in [0.717, 1.165) is 24.6 Å². The van der Waals surface area contributed by atoms with E-state index in [9.17, 15) is 0 Å². The molecule has 0 unspecified atom stereocenters. The van der Waals surface area contributed by atoms with Crippen LogP contribution in [-0.4, -0.2) is 40.5 Å². The van der Waals surface area contributed by atoms with Crippen LogP contribution in [0.1, 0.15) is 24.1 Å². The zero-order valence-electron chi connectivity index (χ0n) is 14.3. The molecule has 2 atom stereocenters. The van der Waals surface area contributed by atoms with E-state index >= 15 is 0 Å². The fraction of sp³-hybridized carbons (Fsp3) is 0.450. The second-order valence-electron chi connectivity index (χ2n) is 7.49. The first-order valence-corrected chi connectivity index (χ1v) is 10.1. The molecule has 6 rings (SSSR count). The molecule has 3 aliphatic heterocycles. The van der Waals surface area contributed by atoms with Crippen molar-refractivity contribution in [1.82, 2.24) is 14.8 Å². The highest BCUT2D eigenvalue weighted by Gasteiger charge is 2.34. The predicted molar refractivity (Wildman–Crippen MR) is 101 cm³/mol. The van der Waals surface area contributed by atoms with Crippen molar-refractivity contribution in [2.24, 2.45) is 5.92 Å². The summed E-state index contributed by atoms with van der Waals surface area (Å²) >= 11 is 1.70. The predicted octanol–water partition coefficient (Wildman–Crippen LogP) is 3.99. The lowest BCUT2D eigenvalue weighted by molar-refractivity contribution is 0.123. The highest BCUT2D eigenvalue weighted by molar-refractivity contribution is 7.07. The van der Waals surface area contributed by atoms with E-state index in [1.54, 1.807) is 17.6 Å². The van der Waals surface area contributed by atoms with Crippen LogP contribution in [0, 0.1) is 5.92 Å². The molecule has 0 spiro atoms. The van der Waals surface area contributed by atoms with Crippen LogP contribution in [0.25, 0.3) is 11.0 Å². The molecule has 0 radical (unpaired) electrons. The van der Waals surface area contributed by atoms with Gasteiger partial charge in [0.05, 0.1) is 17.5 Å². The molecule has 4 nitrogen and oxygen atoms in total. The van der Waals surface area contributed by atoms with Crippen LogP contribution in [0.5, 0.6) is 0 Å². The SMILES string of the molecule is c1cc2cc(CN3C[C@H]4CC[C@@H]3CN(Cc3cscn3)C4)ccc2o1. The third kappa shape index (κ3) is 3.24. The number of hydrogen-bond donors (Lipinski definition) is 0. The van der Waals surface area contributed by atoms with Crippen molar-refractivity contribution in [2.45, 2.75) is 32.0 Å². The monoisotopic (exact) mass is 353 g/mol. The van der Waals surface area contributed by atoms with Crippen LogP contribution < -0.4 is 0 Å². The van der Waals surface area contributed by atoms with Gasteiger partial charge in [0.2, 0.25) is 0 Å². The van der Waals surface area contributed by atoms with Crippen molar-refractivity contribution >= 4 is 22.3 Å². The summed E-state index contributed by atoms with van der Waals surface area (Å²) < 4.78 is 5.47. The largest absolute Gasteiger partial charge is 0.464 e. The number of piperidine rings is 1. The van der Waals surface area contributed by atoms with Gasteiger partial charge in [0, 0.05) is 49.5 Å². The summed E-state index contributed by atoms with van der Waals surface area (Å²) in [6.07, 6.45) is 4.47. The number of nitrogens with zero attached hydrogens (tertiary/aromatic N) is 3. The van der Waals surface area contributed by atoms with Crippen LogP contribution >= 0.6 is 11.3 Å². The van der Waals surface area contributed by atoms with Crippen molar-refractivity contribution < 1.29 is 4.42 Å². The molecule has 3 saturated heterocycles. The zero-order chi connectivity index (χ0) is 16.6. The lowest BCUT2D eigenvalue weighted by atomic mass is 9.94. The van der Waals surface area contributed by atoms with Crippen molar-refractivity contribution in [3.05, 3.63) is 52.7 Å². The Hall–Kier alpha value is -1.69. The van der Waals surface area contributed by atoms with Crippen LogP contribution in [0.2, 0.25) is 0 Å². The Labute approximate surface area is 152 Å². The normalized spacial score (nSPS) is 24.8. The molecule has 1 aromatic carbocycles. The van der Waals surface area contributed by atoms with Gasteiger partial charge in [-0.05, 0) is 42.5 Å². The summed E-state index contributed by atoms with van der Waals surface area (Å²) in [5, 5.41) is 3.40. The van der Waals surface area contributed by atoms with Gasteiger partial charge in [-0.25, -0.2) is 4.98 Å². The second-order valence-corrected chi connectivity index (χ2v) is 8.21. The molecule has 0 amide bonds. The molecule has 0 aliphatic carbocycles. The Kier molecular flexibility index (Phi) is 4.08. The summed E-state index contributed by atoms with van der Waals surface area (Å²) in [5.41, 5.74) is 5.55. The molecular formula is C20H23N3OS. The van der Waals surface area contributed by atoms with E-state index in [1.165, 1.54) is 49.1 Å². The van der Waals surface area contributed by atoms with Crippen molar-refractivity contribution in [3.8, 4) is 0 Å². The number of rotatable bonds is 4. The number of thiazole rings is 1. The molecule has 5 heterocycles. The molecule has 2 bridgehead atoms. The Morgan fingerprint density at radius 2 is 2.12 bits per heavy atom. The van der Waals surface area contributed by atoms with Gasteiger partial charge in [0.25, 0.3) is 0 Å². The first-order valence-electron chi connectivity index (χ1n) is 9.13. The molecule has 0 saturated carbocycles. The minimum atomic E-state index is 0.664. The molecule has 2 aromatic heterocycles. The molecule has 3 aliphatic rings. The average molecular weight is 353 g/mol. The highest BCUT2D eigenvalue weighted by atomic mass is 32.1. The fourth-order valence-corrected chi connectivity index (χ4v) is 5.04. The third-order valence-corrected chi connectivity index (χ3v) is 6.31. The van der Waals surface area contributed by atoms with Crippen LogP contribution in [-0.2, 0) is 13.1 Å². The topological polar surface area (TPSA) is 32.5 Å². The smallest absolute Gasteiger partial charge is 0.133 e. The summed E-state index contributed by atoms with van der Waals surface area (Å²) in [7, 11) is 0. The maximum absolute atomic E-state index is 5.47. The van der Waals surface area contributed by atoms with Crippen molar-refractivity contribution in [3.63, 3.8) is 0 Å². The van der Waals surface area contributed by atoms with E-state index in [4.69, 9.17) is 4.42 Å². The Balaban J connectivity index is 1.31. The first kappa shape index (κ1) is 15.6. The lowest BCUT2D eigenvalue weighted by Gasteiger charge is -2.36. The minimum Gasteiger partial charge on any atom is -0.464 e. The minimum absolute atomic E-state index is 0.664. The third-order valence-electron chi connectivity index (χ3n) is 5.67. The van der Waals surface area contributed by atoms with E-state index in [2.05, 4.69) is 44.4 Å². The molecule has 3 aromatic rings. The quantitative estimate of drug-likeness (QED) is 0.710. The van der Waals surface area contributed by atoms with Gasteiger partial charge in [-0.3, -0.25) is 9.80 Å². The zero-order valence-corrected chi connectivity index (χ0v) is 15.1. The van der Waals surface area contributed by atoms with Crippen LogP contribution in [0.4, 0.5) is 0 Å². The molecule has 5 heteroatoms. The summed E-state index contributed by atoms with van der Waals surface area (Å²) in [4.78, 5) is 9.80. The molecule has 3 fully saturated rings. The highest BCUT2D eigenvalue weighted by Crippen LogP contribution is 2.30. The average Bonchev–Trinajstić information content (AvgIpc) is 3.21. The van der Waals surface area contributed by atoms with E-state index in [-0.39, 0.29) is 0 Å². The Bertz CT molecular complexity index is 844. The first-order chi connectivity index (χ1) is 12.3. The van der Waals surface area contributed by atoms with Gasteiger partial charge in [-0.1, -0.05) is 6.07 Å². The number of benzene rings is 1. The maximum Gasteiger partial charge on any atom is 0.133 e. The van der Waals surface area contributed by atoms with Crippen molar-refractivity contribution in [1.29, 1.82) is 0 Å². The van der Waals surface area contributed by atoms with Crippen LogP contribution in [0.15, 0.2) is 45.8 Å². The van der Waals surface area contributed by atoms with E-state index < -0.39 is 0 Å². The number of aromatic nitrogens is 1. The van der Waals surface area contributed by atoms with Crippen molar-refractivity contribution in [2.75, 3.05) is 19.6 Å². The number of hydrogen-bond acceptors (Lipinski definition) is 5. The second kappa shape index (κ2) is 6.56. The van der Waals surface area contributed by atoms with Gasteiger partial charge in [0.15, 0.2) is 0 Å². The van der Waals surface area contributed by atoms with Gasteiger partial charge in [0.1, 0.15) is 5.58 Å². The number of fused-ring (bicyclic) bond motifs is 5. The summed E-state index contributed by atoms with van der Waals surface area (Å²) in [6, 6.07) is 9.33.